The molecule has 3 nitrogen and oxygen atoms in total. The Labute approximate surface area is 113 Å². The van der Waals surface area contributed by atoms with Crippen LogP contribution >= 0.6 is 11.6 Å². The zero-order valence-corrected chi connectivity index (χ0v) is 11.8. The van der Waals surface area contributed by atoms with Crippen molar-refractivity contribution in [1.29, 1.82) is 0 Å². The Morgan fingerprint density at radius 3 is 2.78 bits per heavy atom. The van der Waals surface area contributed by atoms with E-state index in [1.54, 1.807) is 7.11 Å². The molecule has 0 saturated carbocycles. The molecule has 0 bridgehead atoms. The van der Waals surface area contributed by atoms with E-state index in [0.29, 0.717) is 10.8 Å². The van der Waals surface area contributed by atoms with Crippen LogP contribution in [0.3, 0.4) is 0 Å². The van der Waals surface area contributed by atoms with Gasteiger partial charge in [-0.2, -0.15) is 0 Å². The minimum Gasteiger partial charge on any atom is -0.495 e. The number of halogens is 1. The lowest BCUT2D eigenvalue weighted by atomic mass is 9.84. The Balaban J connectivity index is 2.40. The topological polar surface area (TPSA) is 41.5 Å². The van der Waals surface area contributed by atoms with Crippen molar-refractivity contribution in [3.63, 3.8) is 0 Å². The predicted molar refractivity (Wildman–Crippen MR) is 73.3 cm³/mol. The Hall–Kier alpha value is -0.770. The summed E-state index contributed by atoms with van der Waals surface area (Å²) in [5.74, 6) is 0.646. The number of benzene rings is 1. The number of hydrogen-bond acceptors (Lipinski definition) is 3. The molecule has 0 spiro atoms. The number of hydrogen-bond donors (Lipinski definition) is 2. The van der Waals surface area contributed by atoms with E-state index in [-0.39, 0.29) is 6.04 Å². The summed E-state index contributed by atoms with van der Waals surface area (Å²) < 4.78 is 5.19. The molecule has 1 aromatic carbocycles. The molecule has 4 heteroatoms. The van der Waals surface area contributed by atoms with Crippen molar-refractivity contribution < 1.29 is 9.84 Å². The second-order valence-corrected chi connectivity index (χ2v) is 5.51. The van der Waals surface area contributed by atoms with Crippen LogP contribution in [0.1, 0.15) is 30.9 Å². The number of ether oxygens (including phenoxy) is 1. The van der Waals surface area contributed by atoms with Crippen LogP contribution in [0.25, 0.3) is 0 Å². The third-order valence-electron chi connectivity index (χ3n) is 3.78. The van der Waals surface area contributed by atoms with Crippen LogP contribution in [0.15, 0.2) is 12.1 Å². The monoisotopic (exact) mass is 269 g/mol. The fourth-order valence-electron chi connectivity index (χ4n) is 2.71. The van der Waals surface area contributed by atoms with E-state index in [2.05, 4.69) is 5.32 Å². The second-order valence-electron chi connectivity index (χ2n) is 5.10. The highest BCUT2D eigenvalue weighted by Crippen LogP contribution is 2.36. The summed E-state index contributed by atoms with van der Waals surface area (Å²) in [4.78, 5) is 0. The first-order chi connectivity index (χ1) is 8.46. The normalized spacial score (nSPS) is 22.8. The Kier molecular flexibility index (Phi) is 3.85. The Bertz CT molecular complexity index is 440. The van der Waals surface area contributed by atoms with E-state index in [4.69, 9.17) is 16.3 Å². The second kappa shape index (κ2) is 5.08. The maximum Gasteiger partial charge on any atom is 0.137 e. The molecule has 0 amide bonds. The summed E-state index contributed by atoms with van der Waals surface area (Å²) in [7, 11) is 1.59. The summed E-state index contributed by atoms with van der Waals surface area (Å²) in [6, 6.07) is 3.78. The maximum atomic E-state index is 10.8. The molecule has 18 heavy (non-hydrogen) atoms. The Morgan fingerprint density at radius 2 is 2.22 bits per heavy atom. The van der Waals surface area contributed by atoms with Crippen molar-refractivity contribution in [2.24, 2.45) is 0 Å². The molecular formula is C14H20ClNO2. The zero-order valence-electron chi connectivity index (χ0n) is 11.1. The smallest absolute Gasteiger partial charge is 0.137 e. The van der Waals surface area contributed by atoms with Gasteiger partial charge in [0.15, 0.2) is 0 Å². The number of aliphatic hydroxyl groups is 1. The third-order valence-corrected chi connectivity index (χ3v) is 4.08. The highest BCUT2D eigenvalue weighted by molar-refractivity contribution is 6.32. The molecule has 0 radical (unpaired) electrons. The van der Waals surface area contributed by atoms with E-state index in [0.717, 1.165) is 30.5 Å². The van der Waals surface area contributed by atoms with Crippen LogP contribution in [0, 0.1) is 6.92 Å². The highest BCUT2D eigenvalue weighted by Gasteiger charge is 2.36. The van der Waals surface area contributed by atoms with Crippen molar-refractivity contribution in [2.45, 2.75) is 38.3 Å². The molecule has 2 rings (SSSR count). The maximum absolute atomic E-state index is 10.8. The van der Waals surface area contributed by atoms with Gasteiger partial charge in [0.05, 0.1) is 12.1 Å². The van der Waals surface area contributed by atoms with Crippen LogP contribution in [0.4, 0.5) is 0 Å². The molecule has 1 fully saturated rings. The van der Waals surface area contributed by atoms with Crippen molar-refractivity contribution in [1.82, 2.24) is 5.32 Å². The van der Waals surface area contributed by atoms with Gasteiger partial charge in [-0.3, -0.25) is 0 Å². The molecular weight excluding hydrogens is 250 g/mol. The molecule has 1 aliphatic heterocycles. The summed E-state index contributed by atoms with van der Waals surface area (Å²) >= 11 is 6.16. The first-order valence-corrected chi connectivity index (χ1v) is 6.65. The standard InChI is InChI=1S/C14H20ClNO2/c1-9-7-12(18-3)11(15)8-10(9)14(2,17)13-5-4-6-16-13/h7-8,13,16-17H,4-6H2,1-3H3. The minimum atomic E-state index is -0.906. The molecule has 1 aliphatic rings. The average Bonchev–Trinajstić information content (AvgIpc) is 2.85. The van der Waals surface area contributed by atoms with E-state index in [1.807, 2.05) is 26.0 Å². The van der Waals surface area contributed by atoms with Crippen molar-refractivity contribution in [3.05, 3.63) is 28.3 Å². The van der Waals surface area contributed by atoms with Crippen LogP contribution in [0.2, 0.25) is 5.02 Å². The van der Waals surface area contributed by atoms with Gasteiger partial charge in [0.2, 0.25) is 0 Å². The molecule has 1 heterocycles. The van der Waals surface area contributed by atoms with Gasteiger partial charge in [-0.1, -0.05) is 11.6 Å². The van der Waals surface area contributed by atoms with Gasteiger partial charge in [-0.15, -0.1) is 0 Å². The van der Waals surface area contributed by atoms with Crippen molar-refractivity contribution >= 4 is 11.6 Å². The quantitative estimate of drug-likeness (QED) is 0.886. The van der Waals surface area contributed by atoms with Crippen LogP contribution in [-0.4, -0.2) is 24.8 Å². The van der Waals surface area contributed by atoms with Gasteiger partial charge >= 0.3 is 0 Å². The SMILES string of the molecule is COc1cc(C)c(C(C)(O)C2CCCN2)cc1Cl. The van der Waals surface area contributed by atoms with E-state index < -0.39 is 5.60 Å². The Morgan fingerprint density at radius 1 is 1.50 bits per heavy atom. The van der Waals surface area contributed by atoms with Crippen LogP contribution < -0.4 is 10.1 Å². The third kappa shape index (κ3) is 2.35. The molecule has 2 unspecified atom stereocenters. The summed E-state index contributed by atoms with van der Waals surface area (Å²) in [6.07, 6.45) is 2.08. The lowest BCUT2D eigenvalue weighted by molar-refractivity contribution is 0.0212. The molecule has 0 aliphatic carbocycles. The van der Waals surface area contributed by atoms with Gasteiger partial charge in [-0.05, 0) is 56.5 Å². The minimum absolute atomic E-state index is 0.0839. The number of rotatable bonds is 3. The summed E-state index contributed by atoms with van der Waals surface area (Å²) in [5.41, 5.74) is 0.957. The van der Waals surface area contributed by atoms with Crippen LogP contribution in [0.5, 0.6) is 5.75 Å². The fraction of sp³-hybridized carbons (Fsp3) is 0.571. The lowest BCUT2D eigenvalue weighted by Gasteiger charge is -2.32. The van der Waals surface area contributed by atoms with Gasteiger partial charge in [0, 0.05) is 6.04 Å². The average molecular weight is 270 g/mol. The van der Waals surface area contributed by atoms with E-state index in [9.17, 15) is 5.11 Å². The van der Waals surface area contributed by atoms with Gasteiger partial charge in [-0.25, -0.2) is 0 Å². The van der Waals surface area contributed by atoms with E-state index >= 15 is 0 Å². The predicted octanol–water partition coefficient (Wildman–Crippen LogP) is 2.62. The molecule has 0 aromatic heterocycles. The van der Waals surface area contributed by atoms with Crippen molar-refractivity contribution in [2.75, 3.05) is 13.7 Å². The number of aryl methyl sites for hydroxylation is 1. The number of nitrogens with one attached hydrogen (secondary N) is 1. The first-order valence-electron chi connectivity index (χ1n) is 6.27. The molecule has 1 aromatic rings. The summed E-state index contributed by atoms with van der Waals surface area (Å²) in [6.45, 7) is 4.78. The lowest BCUT2D eigenvalue weighted by Crippen LogP contribution is -2.43. The molecule has 2 atom stereocenters. The first kappa shape index (κ1) is 13.7. The largest absolute Gasteiger partial charge is 0.495 e. The summed E-state index contributed by atoms with van der Waals surface area (Å²) in [5, 5.41) is 14.7. The molecule has 1 saturated heterocycles. The van der Waals surface area contributed by atoms with Gasteiger partial charge in [0.1, 0.15) is 11.4 Å². The molecule has 100 valence electrons. The van der Waals surface area contributed by atoms with Gasteiger partial charge in [0.25, 0.3) is 0 Å². The molecule has 2 N–H and O–H groups in total. The van der Waals surface area contributed by atoms with E-state index in [1.165, 1.54) is 0 Å². The highest BCUT2D eigenvalue weighted by atomic mass is 35.5. The zero-order chi connectivity index (χ0) is 13.3. The number of methoxy groups -OCH3 is 1. The fourth-order valence-corrected chi connectivity index (χ4v) is 2.95. The van der Waals surface area contributed by atoms with Crippen molar-refractivity contribution in [3.8, 4) is 5.75 Å². The van der Waals surface area contributed by atoms with Gasteiger partial charge < -0.3 is 15.2 Å². The van der Waals surface area contributed by atoms with Crippen LogP contribution in [-0.2, 0) is 5.60 Å².